The van der Waals surface area contributed by atoms with Gasteiger partial charge in [0.05, 0.1) is 13.1 Å². The molecule has 28 heteroatoms. The molecule has 1 N–H and O–H groups in total. The highest BCUT2D eigenvalue weighted by atomic mass is 19.4. The Balaban J connectivity index is 0.000000206. The normalized spacial score (nSPS) is 24.6. The number of piperidine rings is 2. The van der Waals surface area contributed by atoms with Gasteiger partial charge < -0.3 is 38.9 Å². The summed E-state index contributed by atoms with van der Waals surface area (Å²) in [5, 5.41) is 9.22. The summed E-state index contributed by atoms with van der Waals surface area (Å²) >= 11 is 0. The maximum Gasteiger partial charge on any atom is 0.434 e. The second-order valence-corrected chi connectivity index (χ2v) is 25.7. The molecule has 2 spiro atoms. The first-order chi connectivity index (χ1) is 40.0. The molecule has 2 amide bonds. The van der Waals surface area contributed by atoms with E-state index < -0.39 is 60.7 Å². The predicted molar refractivity (Wildman–Crippen MR) is 289 cm³/mol. The zero-order valence-electron chi connectivity index (χ0n) is 48.8. The second kappa shape index (κ2) is 24.5. The first-order valence-corrected chi connectivity index (χ1v) is 29.3. The van der Waals surface area contributed by atoms with Crippen LogP contribution in [0.1, 0.15) is 107 Å². The molecule has 4 bridgehead atoms. The van der Waals surface area contributed by atoms with Crippen molar-refractivity contribution >= 4 is 35.5 Å². The molecular formula is C58H76F12N8O8. The van der Waals surface area contributed by atoms with Crippen molar-refractivity contribution < 1.29 is 91.2 Å². The Hall–Kier alpha value is -5.48. The summed E-state index contributed by atoms with van der Waals surface area (Å²) in [6.45, 7) is 15.8. The summed E-state index contributed by atoms with van der Waals surface area (Å²) in [5.41, 5.74) is 5.61. The minimum atomic E-state index is -5.75. The average molecular weight is 1240 g/mol. The fraction of sp³-hybridized carbons (Fsp3) is 0.724. The number of carboxylic acids is 1. The number of carbonyl (C=O) groups excluding carboxylic acids is 3. The van der Waals surface area contributed by atoms with Crippen LogP contribution in [0.3, 0.4) is 0 Å². The van der Waals surface area contributed by atoms with Crippen LogP contribution in [0, 0.1) is 13.8 Å². The average Bonchev–Trinajstić information content (AvgIpc) is 1.70. The van der Waals surface area contributed by atoms with E-state index in [0.717, 1.165) is 115 Å². The molecule has 8 saturated heterocycles. The first-order valence-electron chi connectivity index (χ1n) is 29.3. The van der Waals surface area contributed by atoms with Gasteiger partial charge >= 0.3 is 48.8 Å². The van der Waals surface area contributed by atoms with Crippen LogP contribution in [0.2, 0.25) is 0 Å². The van der Waals surface area contributed by atoms with Crippen LogP contribution in [0.15, 0.2) is 36.4 Å². The maximum atomic E-state index is 12.9. The van der Waals surface area contributed by atoms with Gasteiger partial charge in [-0.1, -0.05) is 24.3 Å². The van der Waals surface area contributed by atoms with Crippen molar-refractivity contribution in [1.29, 1.82) is 0 Å². The highest BCUT2D eigenvalue weighted by molar-refractivity contribution is 5.73. The lowest BCUT2D eigenvalue weighted by molar-refractivity contribution is -0.309. The number of carboxylic acid groups (broad SMARTS) is 1. The van der Waals surface area contributed by atoms with Gasteiger partial charge in [0.15, 0.2) is 0 Å². The molecule has 8 fully saturated rings. The molecule has 480 valence electrons. The zero-order chi connectivity index (χ0) is 62.7. The molecule has 0 saturated carbocycles. The molecule has 8 heterocycles. The highest BCUT2D eigenvalue weighted by Crippen LogP contribution is 2.46. The first kappa shape index (κ1) is 65.0. The van der Waals surface area contributed by atoms with Crippen LogP contribution >= 0.6 is 0 Å². The Kier molecular flexibility index (Phi) is 18.5. The van der Waals surface area contributed by atoms with E-state index >= 15 is 0 Å². The number of esters is 1. The Morgan fingerprint density at radius 2 is 0.907 bits per heavy atom. The smallest absolute Gasteiger partial charge is 0.434 e. The summed E-state index contributed by atoms with van der Waals surface area (Å²) < 4.78 is 168. The molecule has 16 nitrogen and oxygen atoms in total. The van der Waals surface area contributed by atoms with E-state index in [9.17, 15) is 77.0 Å². The quantitative estimate of drug-likeness (QED) is 0.122. The number of aryl methyl sites for hydroxylation is 2. The van der Waals surface area contributed by atoms with Crippen LogP contribution < -0.4 is 9.80 Å². The van der Waals surface area contributed by atoms with E-state index in [2.05, 4.69) is 64.3 Å². The van der Waals surface area contributed by atoms with E-state index in [1.807, 2.05) is 45.6 Å². The number of anilines is 2. The Morgan fingerprint density at radius 1 is 0.535 bits per heavy atom. The molecule has 2 aromatic carbocycles. The molecule has 4 unspecified atom stereocenters. The third-order valence-electron chi connectivity index (χ3n) is 18.6. The lowest BCUT2D eigenvalue weighted by Gasteiger charge is -2.45. The van der Waals surface area contributed by atoms with Gasteiger partial charge in [-0.2, -0.15) is 52.7 Å². The van der Waals surface area contributed by atoms with Crippen LogP contribution in [-0.2, 0) is 36.9 Å². The topological polar surface area (TPSA) is 142 Å². The van der Waals surface area contributed by atoms with E-state index in [1.165, 1.54) is 0 Å². The number of nitrogens with zero attached hydrogens (tertiary/aromatic N) is 8. The Morgan fingerprint density at radius 3 is 1.23 bits per heavy atom. The summed E-state index contributed by atoms with van der Waals surface area (Å²) in [4.78, 5) is 63.9. The number of ether oxygens (including phenoxy) is 3. The largest absolute Gasteiger partial charge is 0.480 e. The van der Waals surface area contributed by atoms with Gasteiger partial charge in [0.25, 0.3) is 12.2 Å². The number of hydrogen-bond donors (Lipinski definition) is 1. The molecule has 0 radical (unpaired) electrons. The Labute approximate surface area is 491 Å². The number of amides is 2. The van der Waals surface area contributed by atoms with Crippen LogP contribution in [0.4, 0.5) is 73.6 Å². The van der Waals surface area contributed by atoms with Gasteiger partial charge in [-0.25, -0.2) is 9.59 Å². The standard InChI is InChI=1S/C31H42F6N4O4.C27H34F6N4O4/c1-20-6-7-21(24(14-20)41-18-22-15-23(41)17-39(22)19-25(42)45-28(2,3)4)16-40-11-5-8-29(40)9-12-38(13-10-29)27(43)44-26(30(32,33)34)31(35,36)37;1-17-3-4-18(21(11-17)37-15-19-12-20(37)14-35(19)16-22(38)39)13-36-8-2-5-25(36)6-9-34(10-7-25)24(40)41-23(26(28,29)30)27(31,32)33/h6-7,14,22-23,26H,5,8-13,15-19H2,1-4H3;3-4,11,19-20,23H,2,5-10,12-16H2,1H3,(H,38,39). The van der Waals surface area contributed by atoms with Crippen molar-refractivity contribution in [3.8, 4) is 0 Å². The number of alkyl halides is 12. The van der Waals surface area contributed by atoms with Gasteiger partial charge in [-0.15, -0.1) is 0 Å². The van der Waals surface area contributed by atoms with Gasteiger partial charge in [0.2, 0.25) is 0 Å². The van der Waals surface area contributed by atoms with Crippen LogP contribution in [-0.4, -0.2) is 215 Å². The van der Waals surface area contributed by atoms with Crippen molar-refractivity contribution in [3.05, 3.63) is 58.7 Å². The fourth-order valence-corrected chi connectivity index (χ4v) is 14.6. The lowest BCUT2D eigenvalue weighted by Crippen LogP contribution is -2.54. The SMILES string of the molecule is Cc1ccc(CN2CCCC23CCN(C(=O)OC(C(F)(F)F)C(F)(F)F)CC3)c(N2CC3CC2CN3CC(=O)O)c1.Cc1ccc(CN2CCCC23CCN(C(=O)OC(C(F)(F)F)C(F)(F)F)CC3)c(N2CC3CC2CN3CC(=O)OC(C)(C)C)c1. The molecule has 2 aromatic rings. The minimum Gasteiger partial charge on any atom is -0.480 e. The molecule has 8 aliphatic heterocycles. The maximum absolute atomic E-state index is 12.9. The summed E-state index contributed by atoms with van der Waals surface area (Å²) in [5.74, 6) is -1.06. The molecule has 86 heavy (non-hydrogen) atoms. The number of carbonyl (C=O) groups is 4. The number of aliphatic carboxylic acids is 1. The van der Waals surface area contributed by atoms with E-state index in [0.29, 0.717) is 45.3 Å². The number of hydrogen-bond acceptors (Lipinski definition) is 13. The summed E-state index contributed by atoms with van der Waals surface area (Å²) in [7, 11) is 0. The number of benzene rings is 2. The van der Waals surface area contributed by atoms with Crippen molar-refractivity contribution in [3.63, 3.8) is 0 Å². The number of likely N-dealkylation sites (tertiary alicyclic amines) is 6. The second-order valence-electron chi connectivity index (χ2n) is 25.7. The van der Waals surface area contributed by atoms with Gasteiger partial charge in [-0.3, -0.25) is 29.2 Å². The predicted octanol–water partition coefficient (Wildman–Crippen LogP) is 10.1. The fourth-order valence-electron chi connectivity index (χ4n) is 14.6. The van der Waals surface area contributed by atoms with Crippen LogP contribution in [0.25, 0.3) is 0 Å². The van der Waals surface area contributed by atoms with E-state index in [-0.39, 0.29) is 80.5 Å². The van der Waals surface area contributed by atoms with Crippen molar-refractivity contribution in [2.24, 2.45) is 0 Å². The zero-order valence-corrected chi connectivity index (χ0v) is 48.8. The van der Waals surface area contributed by atoms with Crippen molar-refractivity contribution in [2.75, 3.05) is 88.3 Å². The Bertz CT molecular complexity index is 2750. The molecular weight excluding hydrogens is 1160 g/mol. The summed E-state index contributed by atoms with van der Waals surface area (Å²) in [6, 6.07) is 13.6. The van der Waals surface area contributed by atoms with Crippen LogP contribution in [0.5, 0.6) is 0 Å². The monoisotopic (exact) mass is 1240 g/mol. The van der Waals surface area contributed by atoms with Gasteiger partial charge in [-0.05, 0) is 146 Å². The van der Waals surface area contributed by atoms with Gasteiger partial charge in [0, 0.05) is 112 Å². The number of fused-ring (bicyclic) bond motifs is 4. The third kappa shape index (κ3) is 14.6. The number of halogens is 12. The van der Waals surface area contributed by atoms with Gasteiger partial charge in [0.1, 0.15) is 5.60 Å². The third-order valence-corrected chi connectivity index (χ3v) is 18.6. The summed E-state index contributed by atoms with van der Waals surface area (Å²) in [6.07, 6.45) is -27.5. The molecule has 8 aliphatic rings. The number of rotatable bonds is 12. The molecule has 0 aliphatic carbocycles. The lowest BCUT2D eigenvalue weighted by atomic mass is 9.84. The van der Waals surface area contributed by atoms with Crippen molar-refractivity contribution in [1.82, 2.24) is 29.4 Å². The number of piperazine rings is 2. The van der Waals surface area contributed by atoms with Crippen molar-refractivity contribution in [2.45, 2.75) is 190 Å². The molecule has 0 aromatic heterocycles. The highest BCUT2D eigenvalue weighted by Gasteiger charge is 2.62. The van der Waals surface area contributed by atoms with E-state index in [4.69, 9.17) is 4.74 Å². The molecule has 4 atom stereocenters. The van der Waals surface area contributed by atoms with E-state index in [1.54, 1.807) is 0 Å². The molecule has 10 rings (SSSR count). The minimum absolute atomic E-state index is 0.00775.